The lowest BCUT2D eigenvalue weighted by atomic mass is 9.95. The highest BCUT2D eigenvalue weighted by Crippen LogP contribution is 2.44. The van der Waals surface area contributed by atoms with Gasteiger partial charge in [0.1, 0.15) is 16.5 Å². The second-order valence-electron chi connectivity index (χ2n) is 7.36. The molecule has 2 heterocycles. The summed E-state index contributed by atoms with van der Waals surface area (Å²) in [7, 11) is 0. The van der Waals surface area contributed by atoms with E-state index in [1.807, 2.05) is 0 Å². The van der Waals surface area contributed by atoms with Crippen LogP contribution in [0.1, 0.15) is 39.5 Å². The third kappa shape index (κ3) is 4.20. The van der Waals surface area contributed by atoms with Gasteiger partial charge in [-0.15, -0.1) is 0 Å². The molecule has 2 aromatic carbocycles. The van der Waals surface area contributed by atoms with Gasteiger partial charge in [0.25, 0.3) is 5.78 Å². The first kappa shape index (κ1) is 23.6. The smallest absolute Gasteiger partial charge is 0.350 e. The fourth-order valence-corrected chi connectivity index (χ4v) is 4.74. The van der Waals surface area contributed by atoms with E-state index in [4.69, 9.17) is 16.3 Å². The largest absolute Gasteiger partial charge is 0.507 e. The Morgan fingerprint density at radius 3 is 2.44 bits per heavy atom. The van der Waals surface area contributed by atoms with Gasteiger partial charge in [-0.25, -0.2) is 14.2 Å². The lowest BCUT2D eigenvalue weighted by molar-refractivity contribution is -0.132. The van der Waals surface area contributed by atoms with Gasteiger partial charge < -0.3 is 9.84 Å². The number of esters is 1. The van der Waals surface area contributed by atoms with Crippen LogP contribution in [0.25, 0.3) is 5.76 Å². The molecule has 1 saturated heterocycles. The molecule has 0 radical (unpaired) electrons. The number of hydrogen-bond donors (Lipinski definition) is 1. The number of aliphatic hydroxyl groups is 1. The van der Waals surface area contributed by atoms with E-state index >= 15 is 0 Å². The van der Waals surface area contributed by atoms with E-state index in [2.05, 4.69) is 4.98 Å². The van der Waals surface area contributed by atoms with E-state index in [-0.39, 0.29) is 27.8 Å². The van der Waals surface area contributed by atoms with Crippen LogP contribution in [0.3, 0.4) is 0 Å². The van der Waals surface area contributed by atoms with Crippen LogP contribution in [0.2, 0.25) is 5.02 Å². The van der Waals surface area contributed by atoms with Crippen LogP contribution in [-0.4, -0.2) is 34.4 Å². The number of aliphatic hydroxyl groups excluding tert-OH is 1. The van der Waals surface area contributed by atoms with E-state index in [0.29, 0.717) is 16.3 Å². The topological polar surface area (TPSA) is 96.8 Å². The number of ether oxygens (including phenoxy) is 1. The molecule has 4 rings (SSSR count). The lowest BCUT2D eigenvalue weighted by Crippen LogP contribution is -2.29. The molecule has 7 nitrogen and oxygen atoms in total. The summed E-state index contributed by atoms with van der Waals surface area (Å²) < 4.78 is 18.7. The number of anilines is 1. The maximum atomic E-state index is 13.6. The number of carbonyl (C=O) groups is 3. The Morgan fingerprint density at radius 1 is 1.18 bits per heavy atom. The van der Waals surface area contributed by atoms with Crippen molar-refractivity contribution in [3.8, 4) is 0 Å². The Bertz CT molecular complexity index is 1320. The monoisotopic (exact) mass is 500 g/mol. The van der Waals surface area contributed by atoms with Gasteiger partial charge in [0, 0.05) is 10.6 Å². The van der Waals surface area contributed by atoms with Crippen molar-refractivity contribution in [2.24, 2.45) is 0 Å². The molecule has 34 heavy (non-hydrogen) atoms. The maximum absolute atomic E-state index is 13.6. The Morgan fingerprint density at radius 2 is 1.82 bits per heavy atom. The molecule has 10 heteroatoms. The van der Waals surface area contributed by atoms with Crippen LogP contribution in [0.4, 0.5) is 9.52 Å². The highest BCUT2D eigenvalue weighted by molar-refractivity contribution is 7.17. The van der Waals surface area contributed by atoms with Gasteiger partial charge in [-0.2, -0.15) is 0 Å². The summed E-state index contributed by atoms with van der Waals surface area (Å²) in [5, 5.41) is 11.5. The van der Waals surface area contributed by atoms with Crippen molar-refractivity contribution in [2.45, 2.75) is 19.9 Å². The number of carbonyl (C=O) groups excluding carboxylic acids is 3. The highest BCUT2D eigenvalue weighted by Gasteiger charge is 2.48. The summed E-state index contributed by atoms with van der Waals surface area (Å²) in [5.74, 6) is -3.39. The van der Waals surface area contributed by atoms with Gasteiger partial charge in [-0.05, 0) is 55.8 Å². The average molecular weight is 501 g/mol. The van der Waals surface area contributed by atoms with Crippen LogP contribution in [0.5, 0.6) is 0 Å². The van der Waals surface area contributed by atoms with Gasteiger partial charge in [0.05, 0.1) is 23.9 Å². The molecule has 3 aromatic rings. The van der Waals surface area contributed by atoms with Gasteiger partial charge in [0.2, 0.25) is 0 Å². The second-order valence-corrected chi connectivity index (χ2v) is 8.77. The number of hydrogen-bond acceptors (Lipinski definition) is 7. The van der Waals surface area contributed by atoms with Crippen molar-refractivity contribution in [1.82, 2.24) is 4.98 Å². The minimum atomic E-state index is -1.10. The summed E-state index contributed by atoms with van der Waals surface area (Å²) in [6.45, 7) is 3.41. The number of Topliss-reactive ketones (excluding diaryl/α,β-unsaturated/α-hetero) is 1. The van der Waals surface area contributed by atoms with E-state index in [9.17, 15) is 23.9 Å². The summed E-state index contributed by atoms with van der Waals surface area (Å²) in [6.07, 6.45) is 0. The molecular weight excluding hydrogens is 483 g/mol. The van der Waals surface area contributed by atoms with Crippen molar-refractivity contribution < 1.29 is 28.6 Å². The molecule has 1 amide bonds. The van der Waals surface area contributed by atoms with Crippen LogP contribution in [0.15, 0.2) is 54.1 Å². The van der Waals surface area contributed by atoms with Crippen LogP contribution in [0, 0.1) is 12.7 Å². The number of nitrogens with zero attached hydrogens (tertiary/aromatic N) is 2. The highest BCUT2D eigenvalue weighted by atomic mass is 35.5. The molecule has 1 unspecified atom stereocenters. The number of rotatable bonds is 5. The molecule has 1 fully saturated rings. The fraction of sp³-hybridized carbons (Fsp3) is 0.167. The van der Waals surface area contributed by atoms with Crippen molar-refractivity contribution in [2.75, 3.05) is 11.5 Å². The summed E-state index contributed by atoms with van der Waals surface area (Å²) >= 11 is 6.82. The first-order chi connectivity index (χ1) is 16.2. The molecule has 1 aliphatic heterocycles. The number of thiazole rings is 1. The SMILES string of the molecule is CCOC(=O)c1sc(N2C(=O)C(=O)/C(=C(/O)c3ccc(Cl)cc3)C2c2ccc(F)cc2)nc1C. The molecule has 1 atom stereocenters. The third-order valence-electron chi connectivity index (χ3n) is 5.20. The molecule has 0 spiro atoms. The Kier molecular flexibility index (Phi) is 6.49. The van der Waals surface area contributed by atoms with Crippen molar-refractivity contribution in [3.05, 3.63) is 86.6 Å². The van der Waals surface area contributed by atoms with E-state index in [1.165, 1.54) is 48.5 Å². The molecule has 0 aliphatic carbocycles. The predicted molar refractivity (Wildman–Crippen MR) is 125 cm³/mol. The number of ketones is 1. The number of amides is 1. The van der Waals surface area contributed by atoms with Gasteiger partial charge in [-0.3, -0.25) is 14.5 Å². The number of benzene rings is 2. The zero-order valence-electron chi connectivity index (χ0n) is 18.0. The molecule has 174 valence electrons. The van der Waals surface area contributed by atoms with Crippen molar-refractivity contribution in [1.29, 1.82) is 0 Å². The van der Waals surface area contributed by atoms with Crippen LogP contribution in [-0.2, 0) is 14.3 Å². The minimum Gasteiger partial charge on any atom is -0.507 e. The zero-order valence-corrected chi connectivity index (χ0v) is 19.6. The Labute approximate surface area is 203 Å². The second kappa shape index (κ2) is 9.36. The van der Waals surface area contributed by atoms with Crippen LogP contribution >= 0.6 is 22.9 Å². The molecule has 1 N–H and O–H groups in total. The Hall–Kier alpha value is -3.56. The fourth-order valence-electron chi connectivity index (χ4n) is 3.62. The number of aryl methyl sites for hydroxylation is 1. The molecular formula is C24H18ClFN2O5S. The Balaban J connectivity index is 1.90. The third-order valence-corrected chi connectivity index (χ3v) is 6.59. The average Bonchev–Trinajstić information content (AvgIpc) is 3.31. The summed E-state index contributed by atoms with van der Waals surface area (Å²) in [4.78, 5) is 44.2. The lowest BCUT2D eigenvalue weighted by Gasteiger charge is -2.23. The first-order valence-electron chi connectivity index (χ1n) is 10.2. The molecule has 1 aromatic heterocycles. The quantitative estimate of drug-likeness (QED) is 0.228. The van der Waals surface area contributed by atoms with Crippen LogP contribution < -0.4 is 4.90 Å². The van der Waals surface area contributed by atoms with E-state index in [1.54, 1.807) is 13.8 Å². The molecule has 1 aliphatic rings. The van der Waals surface area contributed by atoms with E-state index < -0.39 is 35.3 Å². The van der Waals surface area contributed by atoms with Crippen molar-refractivity contribution in [3.63, 3.8) is 0 Å². The summed E-state index contributed by atoms with van der Waals surface area (Å²) in [6, 6.07) is 10.2. The minimum absolute atomic E-state index is 0.0761. The van der Waals surface area contributed by atoms with E-state index in [0.717, 1.165) is 16.2 Å². The summed E-state index contributed by atoms with van der Waals surface area (Å²) in [5.41, 5.74) is 0.791. The molecule has 0 bridgehead atoms. The zero-order chi connectivity index (χ0) is 24.6. The normalized spacial score (nSPS) is 17.3. The first-order valence-corrected chi connectivity index (χ1v) is 11.4. The van der Waals surface area contributed by atoms with Crippen molar-refractivity contribution >= 4 is 51.5 Å². The van der Waals surface area contributed by atoms with Gasteiger partial charge >= 0.3 is 11.9 Å². The standard InChI is InChI=1S/C24H18ClFN2O5S/c1-3-33-23(32)21-12(2)27-24(34-21)28-18(13-6-10-16(26)11-7-13)17(20(30)22(28)31)19(29)14-4-8-15(25)9-5-14/h4-11,18,29H,3H2,1-2H3/b19-17+. The predicted octanol–water partition coefficient (Wildman–Crippen LogP) is 5.05. The van der Waals surface area contributed by atoms with Gasteiger partial charge in [-0.1, -0.05) is 35.1 Å². The maximum Gasteiger partial charge on any atom is 0.350 e. The molecule has 0 saturated carbocycles. The van der Waals surface area contributed by atoms with Gasteiger partial charge in [0.15, 0.2) is 5.13 Å². The number of halogens is 2. The number of aromatic nitrogens is 1.